The summed E-state index contributed by atoms with van der Waals surface area (Å²) in [6.07, 6.45) is 6.92. The predicted octanol–water partition coefficient (Wildman–Crippen LogP) is 2.72. The standard InChI is InChI=1S/C16H24N2O2S/c1-15(2)9-16(5-6-20-15)13(19)18-14(21-16)17-12-8-10-3-4-11(12)7-10/h10-12H,3-9H2,1-2H3,(H,17,18,19)/t10-,11+,12+,16?/m1/s1. The van der Waals surface area contributed by atoms with Gasteiger partial charge in [0.2, 0.25) is 0 Å². The molecule has 21 heavy (non-hydrogen) atoms. The van der Waals surface area contributed by atoms with Crippen LogP contribution in [-0.2, 0) is 9.53 Å². The van der Waals surface area contributed by atoms with Crippen molar-refractivity contribution in [2.45, 2.75) is 68.8 Å². The summed E-state index contributed by atoms with van der Waals surface area (Å²) in [5.41, 5.74) is -0.224. The summed E-state index contributed by atoms with van der Waals surface area (Å²) in [5, 5.41) is 4.46. The third-order valence-electron chi connectivity index (χ3n) is 5.64. The number of aliphatic imine (C=N–C) groups is 1. The molecule has 2 bridgehead atoms. The predicted molar refractivity (Wildman–Crippen MR) is 84.4 cm³/mol. The fourth-order valence-corrected chi connectivity index (χ4v) is 6.12. The Balaban J connectivity index is 1.45. The van der Waals surface area contributed by atoms with E-state index in [4.69, 9.17) is 4.74 Å². The van der Waals surface area contributed by atoms with Gasteiger partial charge in [-0.15, -0.1) is 0 Å². The number of hydrogen-bond acceptors (Lipinski definition) is 4. The summed E-state index contributed by atoms with van der Waals surface area (Å²) >= 11 is 1.67. The molecule has 1 N–H and O–H groups in total. The van der Waals surface area contributed by atoms with Crippen molar-refractivity contribution in [2.75, 3.05) is 6.61 Å². The Morgan fingerprint density at radius 2 is 2.19 bits per heavy atom. The second kappa shape index (κ2) is 4.72. The van der Waals surface area contributed by atoms with Gasteiger partial charge in [0.1, 0.15) is 4.75 Å². The Bertz CT molecular complexity index is 505. The molecule has 3 fully saturated rings. The van der Waals surface area contributed by atoms with E-state index in [0.29, 0.717) is 12.6 Å². The van der Waals surface area contributed by atoms with Crippen LogP contribution < -0.4 is 5.32 Å². The molecule has 2 heterocycles. The minimum atomic E-state index is -0.373. The van der Waals surface area contributed by atoms with Gasteiger partial charge in [0.05, 0.1) is 5.60 Å². The van der Waals surface area contributed by atoms with E-state index in [2.05, 4.69) is 24.2 Å². The topological polar surface area (TPSA) is 50.7 Å². The zero-order chi connectivity index (χ0) is 14.7. The molecule has 1 spiro atoms. The van der Waals surface area contributed by atoms with Crippen molar-refractivity contribution in [3.8, 4) is 0 Å². The summed E-state index contributed by atoms with van der Waals surface area (Å²) in [5.74, 6) is 1.76. The number of hydrogen-bond donors (Lipinski definition) is 1. The van der Waals surface area contributed by atoms with Crippen LogP contribution in [0.25, 0.3) is 0 Å². The van der Waals surface area contributed by atoms with Crippen LogP contribution in [0.4, 0.5) is 0 Å². The average molecular weight is 308 g/mol. The molecule has 4 aliphatic rings. The molecule has 4 rings (SSSR count). The lowest BCUT2D eigenvalue weighted by molar-refractivity contribution is -0.128. The number of thioether (sulfide) groups is 1. The number of carbonyl (C=O) groups excluding carboxylic acids is 1. The second-order valence-electron chi connectivity index (χ2n) is 7.78. The van der Waals surface area contributed by atoms with Crippen LogP contribution in [0.15, 0.2) is 4.99 Å². The van der Waals surface area contributed by atoms with Gasteiger partial charge in [0.25, 0.3) is 5.91 Å². The number of ether oxygens (including phenoxy) is 1. The van der Waals surface area contributed by atoms with Gasteiger partial charge in [-0.25, -0.2) is 0 Å². The number of carbonyl (C=O) groups is 1. The highest BCUT2D eigenvalue weighted by Crippen LogP contribution is 2.48. The van der Waals surface area contributed by atoms with Gasteiger partial charge >= 0.3 is 0 Å². The molecular formula is C16H24N2O2S. The lowest BCUT2D eigenvalue weighted by Crippen LogP contribution is -2.47. The van der Waals surface area contributed by atoms with Gasteiger partial charge in [-0.1, -0.05) is 18.2 Å². The fraction of sp³-hybridized carbons (Fsp3) is 0.875. The molecule has 2 aliphatic heterocycles. The molecular weight excluding hydrogens is 284 g/mol. The summed E-state index contributed by atoms with van der Waals surface area (Å²) < 4.78 is 5.40. The SMILES string of the molecule is CC1(C)CC2(CCO1)SC(N[C@H]1C[C@@H]3CC[C@H]1C3)=NC2=O. The van der Waals surface area contributed by atoms with Crippen molar-refractivity contribution in [1.29, 1.82) is 0 Å². The van der Waals surface area contributed by atoms with Crippen molar-refractivity contribution in [2.24, 2.45) is 16.8 Å². The molecule has 0 aromatic heterocycles. The van der Waals surface area contributed by atoms with Crippen molar-refractivity contribution in [3.05, 3.63) is 0 Å². The van der Waals surface area contributed by atoms with Crippen LogP contribution >= 0.6 is 11.8 Å². The Kier molecular flexibility index (Phi) is 3.16. The highest BCUT2D eigenvalue weighted by Gasteiger charge is 2.52. The molecule has 5 heteroatoms. The Hall–Kier alpha value is -0.550. The van der Waals surface area contributed by atoms with Crippen molar-refractivity contribution < 1.29 is 9.53 Å². The highest BCUT2D eigenvalue weighted by atomic mass is 32.2. The molecule has 4 nitrogen and oxygen atoms in total. The van der Waals surface area contributed by atoms with Crippen LogP contribution in [-0.4, -0.2) is 34.1 Å². The lowest BCUT2D eigenvalue weighted by Gasteiger charge is -2.40. The van der Waals surface area contributed by atoms with Gasteiger partial charge < -0.3 is 10.1 Å². The summed E-state index contributed by atoms with van der Waals surface area (Å²) in [4.78, 5) is 16.8. The van der Waals surface area contributed by atoms with E-state index in [0.717, 1.165) is 29.8 Å². The number of fused-ring (bicyclic) bond motifs is 2. The van der Waals surface area contributed by atoms with E-state index in [9.17, 15) is 4.79 Å². The number of amides is 1. The zero-order valence-corrected chi connectivity index (χ0v) is 13.7. The molecule has 1 amide bonds. The van der Waals surface area contributed by atoms with E-state index in [1.807, 2.05) is 0 Å². The number of rotatable bonds is 1. The maximum atomic E-state index is 12.5. The maximum absolute atomic E-state index is 12.5. The Morgan fingerprint density at radius 3 is 2.86 bits per heavy atom. The van der Waals surface area contributed by atoms with Crippen molar-refractivity contribution >= 4 is 22.8 Å². The molecule has 116 valence electrons. The van der Waals surface area contributed by atoms with Crippen molar-refractivity contribution in [1.82, 2.24) is 5.32 Å². The summed E-state index contributed by atoms with van der Waals surface area (Å²) in [7, 11) is 0. The van der Waals surface area contributed by atoms with Crippen LogP contribution in [0.1, 0.15) is 52.4 Å². The number of nitrogens with one attached hydrogen (secondary N) is 1. The molecule has 0 radical (unpaired) electrons. The van der Waals surface area contributed by atoms with E-state index >= 15 is 0 Å². The van der Waals surface area contributed by atoms with Crippen molar-refractivity contribution in [3.63, 3.8) is 0 Å². The second-order valence-corrected chi connectivity index (χ2v) is 9.15. The molecule has 0 aromatic carbocycles. The van der Waals surface area contributed by atoms with Gasteiger partial charge in [0.15, 0.2) is 5.17 Å². The molecule has 1 saturated heterocycles. The first-order chi connectivity index (χ1) is 9.96. The lowest BCUT2D eigenvalue weighted by atomic mass is 9.87. The Morgan fingerprint density at radius 1 is 1.33 bits per heavy atom. The minimum Gasteiger partial charge on any atom is -0.375 e. The molecule has 0 aromatic rings. The van der Waals surface area contributed by atoms with E-state index in [-0.39, 0.29) is 16.3 Å². The quantitative estimate of drug-likeness (QED) is 0.809. The average Bonchev–Trinajstić information content (AvgIpc) is 3.05. The van der Waals surface area contributed by atoms with E-state index in [1.54, 1.807) is 11.8 Å². The first-order valence-electron chi connectivity index (χ1n) is 8.18. The third-order valence-corrected chi connectivity index (χ3v) is 6.96. The maximum Gasteiger partial charge on any atom is 0.264 e. The van der Waals surface area contributed by atoms with E-state index in [1.165, 1.54) is 25.7 Å². The van der Waals surface area contributed by atoms with Gasteiger partial charge in [0, 0.05) is 19.1 Å². The number of amidine groups is 1. The zero-order valence-electron chi connectivity index (χ0n) is 12.9. The summed E-state index contributed by atoms with van der Waals surface area (Å²) in [6, 6.07) is 0.547. The largest absolute Gasteiger partial charge is 0.375 e. The normalized spacial score (nSPS) is 44.4. The Labute approximate surface area is 130 Å². The molecule has 4 atom stereocenters. The molecule has 1 unspecified atom stereocenters. The monoisotopic (exact) mass is 308 g/mol. The summed E-state index contributed by atoms with van der Waals surface area (Å²) in [6.45, 7) is 4.80. The van der Waals surface area contributed by atoms with Gasteiger partial charge in [-0.3, -0.25) is 4.79 Å². The third kappa shape index (κ3) is 2.42. The van der Waals surface area contributed by atoms with Crippen LogP contribution in [0.3, 0.4) is 0 Å². The molecule has 2 aliphatic carbocycles. The minimum absolute atomic E-state index is 0.0505. The smallest absolute Gasteiger partial charge is 0.264 e. The van der Waals surface area contributed by atoms with Gasteiger partial charge in [-0.2, -0.15) is 4.99 Å². The first kappa shape index (κ1) is 14.1. The van der Waals surface area contributed by atoms with Crippen LogP contribution in [0.2, 0.25) is 0 Å². The molecule has 2 saturated carbocycles. The van der Waals surface area contributed by atoms with Gasteiger partial charge in [-0.05, 0) is 51.4 Å². The first-order valence-corrected chi connectivity index (χ1v) is 9.00. The van der Waals surface area contributed by atoms with E-state index < -0.39 is 0 Å². The van der Waals surface area contributed by atoms with Crippen LogP contribution in [0.5, 0.6) is 0 Å². The highest BCUT2D eigenvalue weighted by molar-refractivity contribution is 8.16. The fourth-order valence-electron chi connectivity index (χ4n) is 4.68. The number of nitrogens with zero attached hydrogens (tertiary/aromatic N) is 1. The van der Waals surface area contributed by atoms with Crippen LogP contribution in [0, 0.1) is 11.8 Å².